The molecule has 4 heteroatoms. The number of rotatable bonds is 2. The number of aliphatic hydroxyl groups is 1. The van der Waals surface area contributed by atoms with Gasteiger partial charge in [0.05, 0.1) is 5.52 Å². The molecule has 0 aliphatic carbocycles. The number of nitrogens with two attached hydrogens (primary N) is 1. The van der Waals surface area contributed by atoms with E-state index in [1.807, 2.05) is 30.5 Å². The van der Waals surface area contributed by atoms with E-state index in [4.69, 9.17) is 10.8 Å². The summed E-state index contributed by atoms with van der Waals surface area (Å²) < 4.78 is 0. The van der Waals surface area contributed by atoms with Crippen LogP contribution in [-0.2, 0) is 4.79 Å². The van der Waals surface area contributed by atoms with Gasteiger partial charge in [-0.05, 0) is 17.7 Å². The lowest BCUT2D eigenvalue weighted by Gasteiger charge is -2.04. The zero-order valence-corrected chi connectivity index (χ0v) is 11.4. The van der Waals surface area contributed by atoms with Crippen molar-refractivity contribution in [3.05, 3.63) is 78.5 Å². The summed E-state index contributed by atoms with van der Waals surface area (Å²) in [7, 11) is 0. The first-order chi connectivity index (χ1) is 10.2. The van der Waals surface area contributed by atoms with Crippen LogP contribution in [0.25, 0.3) is 10.9 Å². The van der Waals surface area contributed by atoms with Gasteiger partial charge < -0.3 is 10.8 Å². The van der Waals surface area contributed by atoms with E-state index in [2.05, 4.69) is 17.1 Å². The van der Waals surface area contributed by atoms with Gasteiger partial charge in [0.1, 0.15) is 0 Å². The molecule has 21 heavy (non-hydrogen) atoms. The zero-order valence-electron chi connectivity index (χ0n) is 11.4. The summed E-state index contributed by atoms with van der Waals surface area (Å²) in [5, 5.41) is 10.3. The minimum atomic E-state index is -1.18. The van der Waals surface area contributed by atoms with Crippen LogP contribution in [0.15, 0.2) is 72.9 Å². The second kappa shape index (κ2) is 7.17. The Hall–Kier alpha value is -2.72. The fraction of sp³-hybridized carbons (Fsp3) is 0.0588. The van der Waals surface area contributed by atoms with Crippen LogP contribution in [0.3, 0.4) is 0 Å². The Bertz CT molecular complexity index is 649. The van der Waals surface area contributed by atoms with Crippen LogP contribution in [-0.4, -0.2) is 16.0 Å². The number of hydrogen-bond acceptors (Lipinski definition) is 3. The first-order valence-electron chi connectivity index (χ1n) is 6.50. The van der Waals surface area contributed by atoms with Gasteiger partial charge in [-0.15, -0.1) is 0 Å². The number of amides is 1. The Morgan fingerprint density at radius 1 is 0.952 bits per heavy atom. The van der Waals surface area contributed by atoms with Gasteiger partial charge in [0.25, 0.3) is 5.91 Å². The molecule has 0 bridgehead atoms. The molecule has 0 aliphatic rings. The summed E-state index contributed by atoms with van der Waals surface area (Å²) >= 11 is 0. The lowest BCUT2D eigenvalue weighted by Crippen LogP contribution is -2.20. The van der Waals surface area contributed by atoms with Gasteiger partial charge in [-0.25, -0.2) is 0 Å². The lowest BCUT2D eigenvalue weighted by atomic mass is 10.1. The van der Waals surface area contributed by atoms with Crippen molar-refractivity contribution >= 4 is 16.8 Å². The van der Waals surface area contributed by atoms with Crippen molar-refractivity contribution in [3.8, 4) is 0 Å². The van der Waals surface area contributed by atoms with E-state index in [0.29, 0.717) is 5.56 Å². The maximum absolute atomic E-state index is 10.5. The Labute approximate surface area is 122 Å². The molecule has 3 aromatic rings. The Balaban J connectivity index is 0.000000154. The number of primary amides is 1. The number of pyridine rings is 1. The van der Waals surface area contributed by atoms with E-state index in [1.54, 1.807) is 30.3 Å². The first-order valence-corrected chi connectivity index (χ1v) is 6.50. The van der Waals surface area contributed by atoms with Gasteiger partial charge in [-0.1, -0.05) is 54.6 Å². The molecule has 3 rings (SSSR count). The van der Waals surface area contributed by atoms with Crippen LogP contribution in [0.4, 0.5) is 0 Å². The number of hydrogen-bond donors (Lipinski definition) is 2. The summed E-state index contributed by atoms with van der Waals surface area (Å²) in [4.78, 5) is 14.7. The molecule has 1 aromatic heterocycles. The monoisotopic (exact) mass is 280 g/mol. The van der Waals surface area contributed by atoms with Crippen LogP contribution >= 0.6 is 0 Å². The molecule has 4 nitrogen and oxygen atoms in total. The lowest BCUT2D eigenvalue weighted by molar-refractivity contribution is -0.126. The predicted molar refractivity (Wildman–Crippen MR) is 82.3 cm³/mol. The van der Waals surface area contributed by atoms with Crippen molar-refractivity contribution in [2.75, 3.05) is 0 Å². The van der Waals surface area contributed by atoms with Gasteiger partial charge in [-0.2, -0.15) is 0 Å². The number of carbonyl (C=O) groups excluding carboxylic acids is 1. The molecule has 0 saturated carbocycles. The van der Waals surface area contributed by atoms with E-state index in [-0.39, 0.29) is 0 Å². The fourth-order valence-corrected chi connectivity index (χ4v) is 1.82. The molecule has 2 aromatic carbocycles. The number of carbonyl (C=O) groups is 1. The summed E-state index contributed by atoms with van der Waals surface area (Å²) in [5.41, 5.74) is 6.47. The highest BCUT2D eigenvalue weighted by molar-refractivity contribution is 5.80. The quantitative estimate of drug-likeness (QED) is 0.757. The van der Waals surface area contributed by atoms with Crippen LogP contribution in [0, 0.1) is 0 Å². The number of aliphatic hydroxyl groups excluding tert-OH is 1. The van der Waals surface area contributed by atoms with Crippen LogP contribution in [0.2, 0.25) is 0 Å². The highest BCUT2D eigenvalue weighted by Crippen LogP contribution is 2.10. The average Bonchev–Trinajstić information content (AvgIpc) is 2.55. The summed E-state index contributed by atoms with van der Waals surface area (Å²) in [6.45, 7) is 0. The second-order valence-corrected chi connectivity index (χ2v) is 4.41. The average molecular weight is 280 g/mol. The smallest absolute Gasteiger partial charge is 0.250 e. The maximum atomic E-state index is 10.5. The Morgan fingerprint density at radius 3 is 2.24 bits per heavy atom. The highest BCUT2D eigenvalue weighted by Gasteiger charge is 2.11. The first kappa shape index (κ1) is 14.7. The molecule has 3 N–H and O–H groups in total. The summed E-state index contributed by atoms with van der Waals surface area (Å²) in [6, 6.07) is 20.7. The highest BCUT2D eigenvalue weighted by atomic mass is 16.3. The van der Waals surface area contributed by atoms with Crippen molar-refractivity contribution in [3.63, 3.8) is 0 Å². The van der Waals surface area contributed by atoms with Crippen molar-refractivity contribution < 1.29 is 9.90 Å². The van der Waals surface area contributed by atoms with Crippen LogP contribution < -0.4 is 5.73 Å². The zero-order chi connectivity index (χ0) is 15.1. The van der Waals surface area contributed by atoms with Crippen molar-refractivity contribution in [2.24, 2.45) is 5.73 Å². The normalized spacial score (nSPS) is 11.3. The maximum Gasteiger partial charge on any atom is 0.250 e. The third-order valence-electron chi connectivity index (χ3n) is 2.90. The van der Waals surface area contributed by atoms with Crippen molar-refractivity contribution in [2.45, 2.75) is 6.10 Å². The Kier molecular flexibility index (Phi) is 5.01. The molecule has 106 valence electrons. The summed E-state index contributed by atoms with van der Waals surface area (Å²) in [5.74, 6) is -0.726. The molecule has 0 spiro atoms. The number of aromatic nitrogens is 1. The van der Waals surface area contributed by atoms with Gasteiger partial charge in [0, 0.05) is 11.6 Å². The van der Waals surface area contributed by atoms with Gasteiger partial charge in [0.15, 0.2) is 6.10 Å². The van der Waals surface area contributed by atoms with Crippen molar-refractivity contribution in [1.29, 1.82) is 0 Å². The Morgan fingerprint density at radius 2 is 1.57 bits per heavy atom. The van der Waals surface area contributed by atoms with E-state index >= 15 is 0 Å². The topological polar surface area (TPSA) is 76.2 Å². The fourth-order valence-electron chi connectivity index (χ4n) is 1.82. The molecule has 0 radical (unpaired) electrons. The van der Waals surface area contributed by atoms with E-state index in [9.17, 15) is 4.79 Å². The summed E-state index contributed by atoms with van der Waals surface area (Å²) in [6.07, 6.45) is 0.624. The van der Waals surface area contributed by atoms with Crippen molar-refractivity contribution in [1.82, 2.24) is 4.98 Å². The van der Waals surface area contributed by atoms with Gasteiger partial charge in [-0.3, -0.25) is 9.78 Å². The van der Waals surface area contributed by atoms with Gasteiger partial charge >= 0.3 is 0 Å². The van der Waals surface area contributed by atoms with Crippen LogP contribution in [0.5, 0.6) is 0 Å². The number of fused-ring (bicyclic) bond motifs is 1. The van der Waals surface area contributed by atoms with Crippen LogP contribution in [0.1, 0.15) is 11.7 Å². The van der Waals surface area contributed by atoms with Gasteiger partial charge in [0.2, 0.25) is 0 Å². The standard InChI is InChI=1S/C9H7N.C8H9NO2/c1-2-6-9-8(4-1)5-3-7-10-9;9-8(11)7(10)6-4-2-1-3-5-6/h1-7H;1-5,7,10H,(H2,9,11). The second-order valence-electron chi connectivity index (χ2n) is 4.41. The van der Waals surface area contributed by atoms with E-state index in [1.165, 1.54) is 5.39 Å². The molecular formula is C17H16N2O2. The molecule has 0 fully saturated rings. The number of nitrogens with zero attached hydrogens (tertiary/aromatic N) is 1. The third-order valence-corrected chi connectivity index (χ3v) is 2.90. The molecule has 1 amide bonds. The molecule has 1 heterocycles. The SMILES string of the molecule is NC(=O)C(O)c1ccccc1.c1ccc2ncccc2c1. The largest absolute Gasteiger partial charge is 0.378 e. The predicted octanol–water partition coefficient (Wildman–Crippen LogP) is 2.44. The minimum Gasteiger partial charge on any atom is -0.378 e. The van der Waals surface area contributed by atoms with E-state index in [0.717, 1.165) is 5.52 Å². The molecule has 0 aliphatic heterocycles. The molecule has 1 unspecified atom stereocenters. The number of para-hydroxylation sites is 1. The molecule has 1 atom stereocenters. The molecular weight excluding hydrogens is 264 g/mol. The number of benzene rings is 2. The molecule has 0 saturated heterocycles. The minimum absolute atomic E-state index is 0.528. The third kappa shape index (κ3) is 4.12. The van der Waals surface area contributed by atoms with E-state index < -0.39 is 12.0 Å².